The highest BCUT2D eigenvalue weighted by atomic mass is 16.2. The summed E-state index contributed by atoms with van der Waals surface area (Å²) in [6, 6.07) is 9.99. The first kappa shape index (κ1) is 10.7. The summed E-state index contributed by atoms with van der Waals surface area (Å²) < 4.78 is 0. The molecule has 3 N–H and O–H groups in total. The first-order valence-electron chi connectivity index (χ1n) is 6.21. The van der Waals surface area contributed by atoms with Crippen molar-refractivity contribution in [3.8, 4) is 0 Å². The Kier molecular flexibility index (Phi) is 2.82. The third kappa shape index (κ3) is 2.06. The molecule has 0 spiro atoms. The van der Waals surface area contributed by atoms with Crippen molar-refractivity contribution >= 4 is 11.6 Å². The SMILES string of the molecule is O=C(Nc1ccccc1)C1NNC2CCCC21. The van der Waals surface area contributed by atoms with Crippen molar-refractivity contribution in [1.29, 1.82) is 0 Å². The van der Waals surface area contributed by atoms with Crippen LogP contribution in [0.25, 0.3) is 0 Å². The molecule has 1 aliphatic carbocycles. The van der Waals surface area contributed by atoms with Gasteiger partial charge in [0.25, 0.3) is 0 Å². The van der Waals surface area contributed by atoms with Crippen molar-refractivity contribution in [2.75, 3.05) is 5.32 Å². The number of hydrazine groups is 1. The molecule has 1 aliphatic heterocycles. The summed E-state index contributed by atoms with van der Waals surface area (Å²) in [6.45, 7) is 0. The second-order valence-electron chi connectivity index (χ2n) is 4.82. The number of amides is 1. The van der Waals surface area contributed by atoms with E-state index in [1.807, 2.05) is 30.3 Å². The first-order valence-corrected chi connectivity index (χ1v) is 6.21. The van der Waals surface area contributed by atoms with Crippen LogP contribution in [-0.4, -0.2) is 18.0 Å². The highest BCUT2D eigenvalue weighted by molar-refractivity contribution is 5.95. The molecule has 1 saturated heterocycles. The molecule has 1 aromatic rings. The minimum absolute atomic E-state index is 0.0677. The molecule has 1 amide bonds. The predicted octanol–water partition coefficient (Wildman–Crippen LogP) is 1.27. The Morgan fingerprint density at radius 2 is 2.00 bits per heavy atom. The van der Waals surface area contributed by atoms with Crippen LogP contribution in [0.2, 0.25) is 0 Å². The van der Waals surface area contributed by atoms with Crippen LogP contribution in [0.4, 0.5) is 5.69 Å². The van der Waals surface area contributed by atoms with Crippen molar-refractivity contribution in [3.05, 3.63) is 30.3 Å². The van der Waals surface area contributed by atoms with Crippen LogP contribution in [0.1, 0.15) is 19.3 Å². The molecule has 1 saturated carbocycles. The molecule has 0 aromatic heterocycles. The molecule has 2 fully saturated rings. The van der Waals surface area contributed by atoms with Gasteiger partial charge in [-0.1, -0.05) is 24.6 Å². The average Bonchev–Trinajstić information content (AvgIpc) is 2.91. The third-order valence-corrected chi connectivity index (χ3v) is 3.75. The number of benzene rings is 1. The van der Waals surface area contributed by atoms with E-state index in [1.54, 1.807) is 0 Å². The summed E-state index contributed by atoms with van der Waals surface area (Å²) in [6.07, 6.45) is 3.53. The summed E-state index contributed by atoms with van der Waals surface area (Å²) in [7, 11) is 0. The van der Waals surface area contributed by atoms with Gasteiger partial charge in [-0.3, -0.25) is 10.2 Å². The van der Waals surface area contributed by atoms with Crippen molar-refractivity contribution in [2.24, 2.45) is 5.92 Å². The molecule has 4 heteroatoms. The number of rotatable bonds is 2. The lowest BCUT2D eigenvalue weighted by atomic mass is 9.96. The number of hydrogen-bond acceptors (Lipinski definition) is 3. The lowest BCUT2D eigenvalue weighted by molar-refractivity contribution is -0.118. The lowest BCUT2D eigenvalue weighted by Gasteiger charge is -2.16. The Labute approximate surface area is 101 Å². The molecule has 17 heavy (non-hydrogen) atoms. The highest BCUT2D eigenvalue weighted by Crippen LogP contribution is 2.31. The topological polar surface area (TPSA) is 53.2 Å². The van der Waals surface area contributed by atoms with Crippen LogP contribution in [0.3, 0.4) is 0 Å². The quantitative estimate of drug-likeness (QED) is 0.718. The van der Waals surface area contributed by atoms with Crippen molar-refractivity contribution < 1.29 is 4.79 Å². The van der Waals surface area contributed by atoms with E-state index in [0.717, 1.165) is 12.1 Å². The van der Waals surface area contributed by atoms with Gasteiger partial charge in [-0.15, -0.1) is 0 Å². The van der Waals surface area contributed by atoms with Gasteiger partial charge in [0.05, 0.1) is 0 Å². The summed E-state index contributed by atoms with van der Waals surface area (Å²) in [5, 5.41) is 2.96. The number of carbonyl (C=O) groups is 1. The van der Waals surface area contributed by atoms with Crippen molar-refractivity contribution in [2.45, 2.75) is 31.3 Å². The minimum Gasteiger partial charge on any atom is -0.325 e. The second kappa shape index (κ2) is 4.47. The summed E-state index contributed by atoms with van der Waals surface area (Å²) in [5.41, 5.74) is 7.20. The van der Waals surface area contributed by atoms with Gasteiger partial charge in [0, 0.05) is 17.6 Å². The van der Waals surface area contributed by atoms with Crippen LogP contribution < -0.4 is 16.2 Å². The fourth-order valence-corrected chi connectivity index (χ4v) is 2.87. The van der Waals surface area contributed by atoms with Crippen molar-refractivity contribution in [3.63, 3.8) is 0 Å². The fraction of sp³-hybridized carbons (Fsp3) is 0.462. The molecule has 3 rings (SSSR count). The zero-order valence-corrected chi connectivity index (χ0v) is 9.65. The maximum absolute atomic E-state index is 12.1. The predicted molar refractivity (Wildman–Crippen MR) is 66.3 cm³/mol. The molecule has 4 nitrogen and oxygen atoms in total. The van der Waals surface area contributed by atoms with Gasteiger partial charge >= 0.3 is 0 Å². The van der Waals surface area contributed by atoms with E-state index in [4.69, 9.17) is 0 Å². The largest absolute Gasteiger partial charge is 0.325 e. The number of carbonyl (C=O) groups excluding carboxylic acids is 1. The molecule has 0 bridgehead atoms. The van der Waals surface area contributed by atoms with Gasteiger partial charge in [-0.2, -0.15) is 0 Å². The molecule has 1 aromatic carbocycles. The molecule has 0 radical (unpaired) electrons. The van der Waals surface area contributed by atoms with Crippen LogP contribution in [-0.2, 0) is 4.79 Å². The van der Waals surface area contributed by atoms with E-state index in [-0.39, 0.29) is 11.9 Å². The Morgan fingerprint density at radius 3 is 2.82 bits per heavy atom. The number of anilines is 1. The van der Waals surface area contributed by atoms with Gasteiger partial charge in [-0.25, -0.2) is 5.43 Å². The minimum atomic E-state index is -0.0947. The van der Waals surface area contributed by atoms with Gasteiger partial charge in [0.1, 0.15) is 6.04 Å². The molecule has 3 unspecified atom stereocenters. The number of hydrogen-bond donors (Lipinski definition) is 3. The number of nitrogens with one attached hydrogen (secondary N) is 3. The lowest BCUT2D eigenvalue weighted by Crippen LogP contribution is -2.42. The smallest absolute Gasteiger partial charge is 0.243 e. The van der Waals surface area contributed by atoms with Crippen LogP contribution in [0, 0.1) is 5.92 Å². The Morgan fingerprint density at radius 1 is 1.18 bits per heavy atom. The second-order valence-corrected chi connectivity index (χ2v) is 4.82. The van der Waals surface area contributed by atoms with E-state index < -0.39 is 0 Å². The molecule has 2 aliphatic rings. The maximum Gasteiger partial charge on any atom is 0.243 e. The Balaban J connectivity index is 1.67. The van der Waals surface area contributed by atoms with E-state index in [9.17, 15) is 4.79 Å². The number of fused-ring (bicyclic) bond motifs is 1. The van der Waals surface area contributed by atoms with E-state index in [2.05, 4.69) is 16.2 Å². The van der Waals surface area contributed by atoms with Gasteiger partial charge < -0.3 is 5.32 Å². The van der Waals surface area contributed by atoms with Crippen molar-refractivity contribution in [1.82, 2.24) is 10.9 Å². The number of para-hydroxylation sites is 1. The standard InChI is InChI=1S/C13H17N3O/c17-13(14-9-5-2-1-3-6-9)12-10-7-4-8-11(10)15-16-12/h1-3,5-6,10-12,15-16H,4,7-8H2,(H,14,17). The van der Waals surface area contributed by atoms with Gasteiger partial charge in [-0.05, 0) is 25.0 Å². The summed E-state index contributed by atoms with van der Waals surface area (Å²) in [4.78, 5) is 12.1. The fourth-order valence-electron chi connectivity index (χ4n) is 2.87. The Hall–Kier alpha value is -1.39. The zero-order valence-electron chi connectivity index (χ0n) is 9.65. The summed E-state index contributed by atoms with van der Waals surface area (Å²) in [5.74, 6) is 0.511. The van der Waals surface area contributed by atoms with E-state index in [0.29, 0.717) is 12.0 Å². The van der Waals surface area contributed by atoms with Crippen LogP contribution in [0.5, 0.6) is 0 Å². The van der Waals surface area contributed by atoms with E-state index in [1.165, 1.54) is 12.8 Å². The Bertz CT molecular complexity index is 406. The zero-order chi connectivity index (χ0) is 11.7. The molecular weight excluding hydrogens is 214 g/mol. The van der Waals surface area contributed by atoms with Crippen LogP contribution in [0.15, 0.2) is 30.3 Å². The van der Waals surface area contributed by atoms with E-state index >= 15 is 0 Å². The molecular formula is C13H17N3O. The maximum atomic E-state index is 12.1. The molecule has 3 atom stereocenters. The van der Waals surface area contributed by atoms with Gasteiger partial charge in [0.15, 0.2) is 0 Å². The monoisotopic (exact) mass is 231 g/mol. The average molecular weight is 231 g/mol. The third-order valence-electron chi connectivity index (χ3n) is 3.75. The molecule has 1 heterocycles. The van der Waals surface area contributed by atoms with Crippen LogP contribution >= 0.6 is 0 Å². The first-order chi connectivity index (χ1) is 8.34. The summed E-state index contributed by atoms with van der Waals surface area (Å²) >= 11 is 0. The highest BCUT2D eigenvalue weighted by Gasteiger charge is 2.42. The normalized spacial score (nSPS) is 31.2. The molecule has 90 valence electrons. The van der Waals surface area contributed by atoms with Gasteiger partial charge in [0.2, 0.25) is 5.91 Å².